The van der Waals surface area contributed by atoms with Gasteiger partial charge in [0.05, 0.1) is 16.9 Å². The molecule has 24 heavy (non-hydrogen) atoms. The lowest BCUT2D eigenvalue weighted by atomic mass is 9.71. The first-order valence-corrected chi connectivity index (χ1v) is 8.71. The molecule has 1 unspecified atom stereocenters. The molecule has 0 amide bonds. The number of hydrogen-bond donors (Lipinski definition) is 2. The summed E-state index contributed by atoms with van der Waals surface area (Å²) in [6.45, 7) is 8.94. The third kappa shape index (κ3) is 3.36. The first-order chi connectivity index (χ1) is 11.3. The lowest BCUT2D eigenvalue weighted by molar-refractivity contribution is 0.00330. The molecule has 3 aliphatic rings. The van der Waals surface area contributed by atoms with Crippen molar-refractivity contribution in [3.8, 4) is 0 Å². The molecule has 2 saturated heterocycles. The summed E-state index contributed by atoms with van der Waals surface area (Å²) >= 11 is 0. The van der Waals surface area contributed by atoms with Crippen molar-refractivity contribution in [2.75, 3.05) is 6.61 Å². The van der Waals surface area contributed by atoms with Gasteiger partial charge in [-0.2, -0.15) is 0 Å². The third-order valence-corrected chi connectivity index (χ3v) is 5.24. The number of hydrogen-bond acceptors (Lipinski definition) is 5. The maximum absolute atomic E-state index is 8.27. The van der Waals surface area contributed by atoms with Gasteiger partial charge in [-0.3, -0.25) is 0 Å². The quantitative estimate of drug-likeness (QED) is 0.781. The molecule has 0 aromatic heterocycles. The smallest absolute Gasteiger partial charge is 0.399 e. The first kappa shape index (κ1) is 17.5. The largest absolute Gasteiger partial charge is 0.495 e. The van der Waals surface area contributed by atoms with Crippen molar-refractivity contribution in [3.63, 3.8) is 0 Å². The summed E-state index contributed by atoms with van der Waals surface area (Å²) in [7, 11) is -0.472. The Hall–Kier alpha value is -1.37. The van der Waals surface area contributed by atoms with Gasteiger partial charge >= 0.3 is 7.12 Å². The van der Waals surface area contributed by atoms with Crippen molar-refractivity contribution in [2.24, 2.45) is 0 Å². The summed E-state index contributed by atoms with van der Waals surface area (Å²) in [6, 6.07) is 0. The standard InChI is InChI=1S/C18H27BN2O3/c1-17(2)18(3,4)24-19(23-17)14-8-7-9-15(20)13(14)12-21-16-10-5-6-11-22-16/h7-9,12,16,20-21H,5-6,10-11H2,1-4H3/b13-12-,20-15?. The van der Waals surface area contributed by atoms with E-state index in [0.717, 1.165) is 36.9 Å². The van der Waals surface area contributed by atoms with Gasteiger partial charge in [0, 0.05) is 18.4 Å². The van der Waals surface area contributed by atoms with Crippen LogP contribution in [0.1, 0.15) is 47.0 Å². The summed E-state index contributed by atoms with van der Waals surface area (Å²) in [5, 5.41) is 11.6. The number of rotatable bonds is 3. The number of ether oxygens (including phenoxy) is 1. The molecular formula is C18H27BN2O3. The normalized spacial score (nSPS) is 30.6. The van der Waals surface area contributed by atoms with Crippen LogP contribution in [-0.2, 0) is 14.0 Å². The minimum atomic E-state index is -0.472. The van der Waals surface area contributed by atoms with Gasteiger partial charge in [-0.1, -0.05) is 12.2 Å². The zero-order valence-electron chi connectivity index (χ0n) is 15.0. The highest BCUT2D eigenvalue weighted by atomic mass is 16.7. The van der Waals surface area contributed by atoms with Gasteiger partial charge in [0.1, 0.15) is 6.23 Å². The van der Waals surface area contributed by atoms with Crippen LogP contribution in [0.2, 0.25) is 0 Å². The summed E-state index contributed by atoms with van der Waals surface area (Å²) in [5.74, 6) is 0. The highest BCUT2D eigenvalue weighted by Gasteiger charge is 2.53. The SMILES string of the molecule is CC1(C)OB(C2=CC=CC(=N)/C2=C\NC2CCCCO2)OC1(C)C. The maximum Gasteiger partial charge on any atom is 0.495 e. The van der Waals surface area contributed by atoms with Crippen LogP contribution in [0, 0.1) is 5.41 Å². The van der Waals surface area contributed by atoms with E-state index in [4.69, 9.17) is 19.5 Å². The molecule has 0 spiro atoms. The molecule has 2 N–H and O–H groups in total. The Morgan fingerprint density at radius 2 is 1.92 bits per heavy atom. The predicted octanol–water partition coefficient (Wildman–Crippen LogP) is 3.13. The van der Waals surface area contributed by atoms with Crippen LogP contribution in [-0.4, -0.2) is 36.9 Å². The average Bonchev–Trinajstić information content (AvgIpc) is 2.75. The van der Waals surface area contributed by atoms with E-state index in [2.05, 4.69) is 5.32 Å². The van der Waals surface area contributed by atoms with Crippen LogP contribution in [0.5, 0.6) is 0 Å². The Kier molecular flexibility index (Phi) is 4.73. The second-order valence-electron chi connectivity index (χ2n) is 7.56. The molecule has 0 aromatic rings. The van der Waals surface area contributed by atoms with E-state index in [1.54, 1.807) is 6.08 Å². The molecule has 6 heteroatoms. The Bertz CT molecular complexity index is 585. The van der Waals surface area contributed by atoms with Crippen LogP contribution < -0.4 is 5.32 Å². The summed E-state index contributed by atoms with van der Waals surface area (Å²) < 4.78 is 18.0. The van der Waals surface area contributed by atoms with Gasteiger partial charge in [0.25, 0.3) is 0 Å². The molecule has 3 rings (SSSR count). The fourth-order valence-electron chi connectivity index (χ4n) is 2.97. The second-order valence-corrected chi connectivity index (χ2v) is 7.56. The van der Waals surface area contributed by atoms with Gasteiger partial charge in [0.2, 0.25) is 0 Å². The van der Waals surface area contributed by atoms with Gasteiger partial charge in [-0.15, -0.1) is 0 Å². The minimum absolute atomic E-state index is 0.0181. The van der Waals surface area contributed by atoms with E-state index in [-0.39, 0.29) is 6.23 Å². The lowest BCUT2D eigenvalue weighted by Crippen LogP contribution is -2.41. The van der Waals surface area contributed by atoms with E-state index in [1.165, 1.54) is 0 Å². The maximum atomic E-state index is 8.27. The van der Waals surface area contributed by atoms with E-state index < -0.39 is 18.3 Å². The summed E-state index contributed by atoms with van der Waals surface area (Å²) in [4.78, 5) is 0. The Morgan fingerprint density at radius 3 is 2.54 bits per heavy atom. The van der Waals surface area contributed by atoms with Crippen molar-refractivity contribution in [2.45, 2.75) is 64.4 Å². The Morgan fingerprint density at radius 1 is 1.21 bits per heavy atom. The number of allylic oxidation sites excluding steroid dienone is 5. The van der Waals surface area contributed by atoms with Gasteiger partial charge in [0.15, 0.2) is 0 Å². The van der Waals surface area contributed by atoms with E-state index in [9.17, 15) is 0 Å². The number of nitrogens with one attached hydrogen (secondary N) is 2. The molecule has 0 aromatic carbocycles. The van der Waals surface area contributed by atoms with Gasteiger partial charge in [-0.25, -0.2) is 0 Å². The highest BCUT2D eigenvalue weighted by molar-refractivity contribution is 6.58. The predicted molar refractivity (Wildman–Crippen MR) is 95.8 cm³/mol. The van der Waals surface area contributed by atoms with Crippen LogP contribution >= 0.6 is 0 Å². The zero-order valence-corrected chi connectivity index (χ0v) is 15.0. The molecule has 1 aliphatic carbocycles. The van der Waals surface area contributed by atoms with Crippen LogP contribution in [0.15, 0.2) is 35.5 Å². The molecule has 130 valence electrons. The second kappa shape index (κ2) is 6.50. The van der Waals surface area contributed by atoms with Crippen molar-refractivity contribution in [1.29, 1.82) is 5.41 Å². The molecule has 2 fully saturated rings. The molecule has 2 heterocycles. The van der Waals surface area contributed by atoms with Crippen LogP contribution in [0.4, 0.5) is 0 Å². The van der Waals surface area contributed by atoms with Crippen LogP contribution in [0.3, 0.4) is 0 Å². The molecule has 5 nitrogen and oxygen atoms in total. The van der Waals surface area contributed by atoms with Crippen molar-refractivity contribution < 1.29 is 14.0 Å². The van der Waals surface area contributed by atoms with Crippen molar-refractivity contribution in [1.82, 2.24) is 5.32 Å². The summed E-state index contributed by atoms with van der Waals surface area (Å²) in [6.07, 6.45) is 10.8. The summed E-state index contributed by atoms with van der Waals surface area (Å²) in [5.41, 5.74) is 1.33. The van der Waals surface area contributed by atoms with Gasteiger partial charge in [-0.05, 0) is 58.5 Å². The Balaban J connectivity index is 1.79. The zero-order chi connectivity index (χ0) is 17.4. The minimum Gasteiger partial charge on any atom is -0.399 e. The van der Waals surface area contributed by atoms with E-state index in [1.807, 2.05) is 46.0 Å². The molecule has 0 radical (unpaired) electrons. The van der Waals surface area contributed by atoms with Gasteiger partial charge < -0.3 is 24.8 Å². The van der Waals surface area contributed by atoms with Crippen LogP contribution in [0.25, 0.3) is 0 Å². The van der Waals surface area contributed by atoms with E-state index >= 15 is 0 Å². The molecule has 1 atom stereocenters. The monoisotopic (exact) mass is 330 g/mol. The topological polar surface area (TPSA) is 63.6 Å². The van der Waals surface area contributed by atoms with Crippen molar-refractivity contribution in [3.05, 3.63) is 35.5 Å². The lowest BCUT2D eigenvalue weighted by Gasteiger charge is -2.32. The fraction of sp³-hybridized carbons (Fsp3) is 0.611. The molecular weight excluding hydrogens is 303 g/mol. The molecule has 0 bridgehead atoms. The average molecular weight is 330 g/mol. The van der Waals surface area contributed by atoms with E-state index in [0.29, 0.717) is 5.71 Å². The fourth-order valence-corrected chi connectivity index (χ4v) is 2.97. The Labute approximate surface area is 144 Å². The first-order valence-electron chi connectivity index (χ1n) is 8.71. The highest BCUT2D eigenvalue weighted by Crippen LogP contribution is 2.40. The molecule has 0 saturated carbocycles. The molecule has 2 aliphatic heterocycles. The van der Waals surface area contributed by atoms with Crippen molar-refractivity contribution >= 4 is 12.8 Å². The third-order valence-electron chi connectivity index (χ3n) is 5.24.